The Bertz CT molecular complexity index is 141. The van der Waals surface area contributed by atoms with Gasteiger partial charge in [0.2, 0.25) is 0 Å². The van der Waals surface area contributed by atoms with Crippen LogP contribution in [0.3, 0.4) is 0 Å². The van der Waals surface area contributed by atoms with Gasteiger partial charge in [-0.05, 0) is 18.9 Å². The summed E-state index contributed by atoms with van der Waals surface area (Å²) in [5, 5.41) is 0. The van der Waals surface area contributed by atoms with E-state index in [1.807, 2.05) is 25.3 Å². The maximum atomic E-state index is 4.01. The lowest BCUT2D eigenvalue weighted by molar-refractivity contribution is 0.829. The lowest BCUT2D eigenvalue weighted by atomic mass is 10.2. The summed E-state index contributed by atoms with van der Waals surface area (Å²) < 4.78 is 0. The zero-order chi connectivity index (χ0) is 7.82. The van der Waals surface area contributed by atoms with Crippen LogP contribution in [0.4, 0.5) is 0 Å². The first-order valence-electron chi connectivity index (χ1n) is 3.58. The van der Waals surface area contributed by atoms with Crippen molar-refractivity contribution in [3.05, 3.63) is 24.4 Å². The van der Waals surface area contributed by atoms with Gasteiger partial charge in [-0.3, -0.25) is 4.99 Å². The molecule has 0 saturated carbocycles. The van der Waals surface area contributed by atoms with Crippen molar-refractivity contribution in [1.82, 2.24) is 0 Å². The molecular weight excluding hydrogens is 134 g/mol. The van der Waals surface area contributed by atoms with E-state index < -0.39 is 0 Å². The highest BCUT2D eigenvalue weighted by atomic mass is 14.6. The summed E-state index contributed by atoms with van der Waals surface area (Å²) >= 11 is 0. The number of allylic oxidation sites excluding steroid dienone is 3. The largest absolute Gasteiger partial charge is 0.265 e. The van der Waals surface area contributed by atoms with Crippen molar-refractivity contribution < 1.29 is 0 Å². The molecule has 0 aromatic heterocycles. The van der Waals surface area contributed by atoms with Gasteiger partial charge in [-0.1, -0.05) is 33.4 Å². The summed E-state index contributed by atoms with van der Waals surface area (Å²) in [5.41, 5.74) is 0. The van der Waals surface area contributed by atoms with Crippen molar-refractivity contribution >= 4 is 6.21 Å². The van der Waals surface area contributed by atoms with Crippen molar-refractivity contribution in [2.45, 2.75) is 28.2 Å². The van der Waals surface area contributed by atoms with Crippen molar-refractivity contribution in [2.75, 3.05) is 0 Å². The molecule has 0 unspecified atom stereocenters. The Morgan fingerprint density at radius 1 is 1.27 bits per heavy atom. The van der Waals surface area contributed by atoms with Crippen LogP contribution in [-0.2, 0) is 0 Å². The predicted molar refractivity (Wildman–Crippen MR) is 54.0 cm³/mol. The van der Waals surface area contributed by atoms with E-state index in [0.717, 1.165) is 0 Å². The van der Waals surface area contributed by atoms with E-state index in [1.165, 1.54) is 0 Å². The van der Waals surface area contributed by atoms with Crippen LogP contribution in [-0.4, -0.2) is 6.21 Å². The maximum Gasteiger partial charge on any atom is 0.0264 e. The van der Waals surface area contributed by atoms with Crippen LogP contribution < -0.4 is 0 Å². The highest BCUT2D eigenvalue weighted by Gasteiger charge is 1.78. The molecule has 11 heavy (non-hydrogen) atoms. The van der Waals surface area contributed by atoms with Gasteiger partial charge in [-0.2, -0.15) is 0 Å². The summed E-state index contributed by atoms with van der Waals surface area (Å²) in [6, 6.07) is 0. The third-order valence-electron chi connectivity index (χ3n) is 0.922. The molecule has 0 fully saturated rings. The van der Waals surface area contributed by atoms with Gasteiger partial charge in [0, 0.05) is 12.4 Å². The Morgan fingerprint density at radius 2 is 1.91 bits per heavy atom. The van der Waals surface area contributed by atoms with Gasteiger partial charge in [0.1, 0.15) is 0 Å². The average molecular weight is 153 g/mol. The van der Waals surface area contributed by atoms with Crippen molar-refractivity contribution in [1.29, 1.82) is 0 Å². The number of aliphatic imine (C=N–C) groups is 1. The van der Waals surface area contributed by atoms with Crippen LogP contribution in [0.1, 0.15) is 28.2 Å². The molecule has 0 rings (SSSR count). The second-order valence-corrected chi connectivity index (χ2v) is 2.41. The smallest absolute Gasteiger partial charge is 0.0264 e. The summed E-state index contributed by atoms with van der Waals surface area (Å²) in [6.07, 6.45) is 9.51. The quantitative estimate of drug-likeness (QED) is 0.551. The SMILES string of the molecule is C.CC=CC=N/C=C\C(C)C. The summed E-state index contributed by atoms with van der Waals surface area (Å²) in [7, 11) is 0. The first kappa shape index (κ1) is 12.8. The molecule has 0 aromatic carbocycles. The number of nitrogens with zero attached hydrogens (tertiary/aromatic N) is 1. The molecule has 0 saturated heterocycles. The van der Waals surface area contributed by atoms with Gasteiger partial charge >= 0.3 is 0 Å². The van der Waals surface area contributed by atoms with Gasteiger partial charge in [0.15, 0.2) is 0 Å². The van der Waals surface area contributed by atoms with Crippen LogP contribution in [0.25, 0.3) is 0 Å². The van der Waals surface area contributed by atoms with E-state index in [0.29, 0.717) is 5.92 Å². The normalized spacial score (nSPS) is 12.0. The van der Waals surface area contributed by atoms with Crippen molar-refractivity contribution in [3.63, 3.8) is 0 Å². The van der Waals surface area contributed by atoms with Gasteiger partial charge in [0.25, 0.3) is 0 Å². The first-order valence-corrected chi connectivity index (χ1v) is 3.58. The van der Waals surface area contributed by atoms with E-state index in [9.17, 15) is 0 Å². The van der Waals surface area contributed by atoms with Crippen LogP contribution in [0.5, 0.6) is 0 Å². The average Bonchev–Trinajstić information content (AvgIpc) is 1.87. The summed E-state index contributed by atoms with van der Waals surface area (Å²) in [5.74, 6) is 0.586. The fourth-order valence-electron chi connectivity index (χ4n) is 0.407. The van der Waals surface area contributed by atoms with Gasteiger partial charge in [0.05, 0.1) is 0 Å². The van der Waals surface area contributed by atoms with E-state index in [-0.39, 0.29) is 7.43 Å². The Balaban J connectivity index is 0. The minimum atomic E-state index is 0. The molecule has 0 amide bonds. The second-order valence-electron chi connectivity index (χ2n) is 2.41. The lowest BCUT2D eigenvalue weighted by Gasteiger charge is -1.87. The molecule has 0 aromatic rings. The fraction of sp³-hybridized carbons (Fsp3) is 0.500. The Morgan fingerprint density at radius 3 is 2.36 bits per heavy atom. The standard InChI is InChI=1S/C9H15N.CH4/c1-4-5-7-10-8-6-9(2)3;/h4-9H,1-3H3;1H4/b5-4?,8-6-,10-7?;. The Hall–Kier alpha value is -0.850. The van der Waals surface area contributed by atoms with Crippen molar-refractivity contribution in [3.8, 4) is 0 Å². The molecule has 0 spiro atoms. The Kier molecular flexibility index (Phi) is 10.6. The minimum absolute atomic E-state index is 0. The summed E-state index contributed by atoms with van der Waals surface area (Å²) in [4.78, 5) is 4.01. The molecule has 0 aliphatic heterocycles. The lowest BCUT2D eigenvalue weighted by Crippen LogP contribution is -1.74. The number of hydrogen-bond donors (Lipinski definition) is 0. The predicted octanol–water partition coefficient (Wildman–Crippen LogP) is 3.44. The minimum Gasteiger partial charge on any atom is -0.265 e. The second kappa shape index (κ2) is 9.15. The molecule has 0 heterocycles. The van der Waals surface area contributed by atoms with Crippen molar-refractivity contribution in [2.24, 2.45) is 10.9 Å². The zero-order valence-corrected chi connectivity index (χ0v) is 6.91. The summed E-state index contributed by atoms with van der Waals surface area (Å²) in [6.45, 7) is 6.22. The highest BCUT2D eigenvalue weighted by molar-refractivity contribution is 5.71. The van der Waals surface area contributed by atoms with Crippen LogP contribution in [0, 0.1) is 5.92 Å². The molecule has 0 aliphatic rings. The molecular formula is C10H19N. The zero-order valence-electron chi connectivity index (χ0n) is 6.91. The molecule has 1 heteroatoms. The van der Waals surface area contributed by atoms with Gasteiger partial charge in [-0.25, -0.2) is 0 Å². The van der Waals surface area contributed by atoms with Crippen LogP contribution in [0.2, 0.25) is 0 Å². The molecule has 0 atom stereocenters. The molecule has 0 aliphatic carbocycles. The van der Waals surface area contributed by atoms with Gasteiger partial charge < -0.3 is 0 Å². The van der Waals surface area contributed by atoms with Gasteiger partial charge in [-0.15, -0.1) is 0 Å². The molecule has 0 bridgehead atoms. The van der Waals surface area contributed by atoms with Crippen LogP contribution >= 0.6 is 0 Å². The molecule has 0 N–H and O–H groups in total. The fourth-order valence-corrected chi connectivity index (χ4v) is 0.407. The monoisotopic (exact) mass is 153 g/mol. The number of rotatable bonds is 3. The van der Waals surface area contributed by atoms with E-state index in [1.54, 1.807) is 6.21 Å². The maximum absolute atomic E-state index is 4.01. The van der Waals surface area contributed by atoms with E-state index >= 15 is 0 Å². The number of hydrogen-bond acceptors (Lipinski definition) is 1. The topological polar surface area (TPSA) is 12.4 Å². The highest BCUT2D eigenvalue weighted by Crippen LogP contribution is 1.92. The van der Waals surface area contributed by atoms with Crippen LogP contribution in [0.15, 0.2) is 29.4 Å². The molecule has 1 nitrogen and oxygen atoms in total. The molecule has 64 valence electrons. The first-order chi connectivity index (χ1) is 4.77. The Labute approximate surface area is 70.5 Å². The third-order valence-corrected chi connectivity index (χ3v) is 0.922. The molecule has 0 radical (unpaired) electrons. The van der Waals surface area contributed by atoms with E-state index in [4.69, 9.17) is 0 Å². The van der Waals surface area contributed by atoms with E-state index in [2.05, 4.69) is 24.9 Å². The third kappa shape index (κ3) is 12.4.